The van der Waals surface area contributed by atoms with E-state index in [-0.39, 0.29) is 28.6 Å². The van der Waals surface area contributed by atoms with Gasteiger partial charge in [-0.25, -0.2) is 0 Å². The number of carbonyl (C=O) groups excluding carboxylic acids is 2. The molecule has 0 N–H and O–H groups in total. The average molecular weight is 194 g/mol. The van der Waals surface area contributed by atoms with Gasteiger partial charge in [-0.2, -0.15) is 0 Å². The van der Waals surface area contributed by atoms with Crippen LogP contribution < -0.4 is 10.2 Å². The fourth-order valence-corrected chi connectivity index (χ4v) is 0.136. The Balaban J connectivity index is -0.000000143. The molecule has 0 aromatic rings. The van der Waals surface area contributed by atoms with E-state index in [4.69, 9.17) is 0 Å². The van der Waals surface area contributed by atoms with Crippen molar-refractivity contribution in [3.05, 3.63) is 24.3 Å². The van der Waals surface area contributed by atoms with Crippen molar-refractivity contribution in [2.45, 2.75) is 13.8 Å². The summed E-state index contributed by atoms with van der Waals surface area (Å²) in [6.45, 7) is 6.10. The normalized spacial score (nSPS) is 7.85. The van der Waals surface area contributed by atoms with Crippen molar-refractivity contribution >= 4 is 35.0 Å². The van der Waals surface area contributed by atoms with Gasteiger partial charge in [0.25, 0.3) is 0 Å². The summed E-state index contributed by atoms with van der Waals surface area (Å²) in [6, 6.07) is 0. The Hall–Kier alpha value is -0.814. The summed E-state index contributed by atoms with van der Waals surface area (Å²) in [5.74, 6) is -2.33. The molecule has 0 aliphatic rings. The van der Waals surface area contributed by atoms with Crippen LogP contribution in [-0.4, -0.2) is 35.0 Å². The molecule has 0 spiro atoms. The quantitative estimate of drug-likeness (QED) is 0.385. The maximum absolute atomic E-state index is 9.49. The van der Waals surface area contributed by atoms with Gasteiger partial charge in [-0.3, -0.25) is 0 Å². The molecule has 5 heteroatoms. The second kappa shape index (κ2) is 11.2. The molecule has 0 atom stereocenters. The van der Waals surface area contributed by atoms with E-state index in [2.05, 4.69) is 6.58 Å². The Morgan fingerprint density at radius 3 is 1.62 bits per heavy atom. The van der Waals surface area contributed by atoms with E-state index in [1.165, 1.54) is 13.0 Å². The van der Waals surface area contributed by atoms with Gasteiger partial charge in [-0.1, -0.05) is 12.7 Å². The molecule has 0 radical (unpaired) electrons. The molecule has 0 aromatic carbocycles. The van der Waals surface area contributed by atoms with E-state index in [1.807, 2.05) is 0 Å². The first kappa shape index (κ1) is 18.1. The third-order valence-electron chi connectivity index (χ3n) is 0.651. The molecule has 0 saturated heterocycles. The van der Waals surface area contributed by atoms with Crippen LogP contribution in [0.5, 0.6) is 0 Å². The van der Waals surface area contributed by atoms with Crippen molar-refractivity contribution in [1.82, 2.24) is 0 Å². The number of rotatable bonds is 2. The molecule has 0 saturated carbocycles. The molecule has 13 heavy (non-hydrogen) atoms. The fraction of sp³-hybridized carbons (Fsp3) is 0.250. The minimum absolute atomic E-state index is 0. The first-order valence-corrected chi connectivity index (χ1v) is 3.12. The monoisotopic (exact) mass is 194 g/mol. The molecule has 0 bridgehead atoms. The predicted molar refractivity (Wildman–Crippen MR) is 45.4 cm³/mol. The number of aliphatic carboxylic acids is 2. The van der Waals surface area contributed by atoms with Gasteiger partial charge in [0, 0.05) is 0 Å². The Bertz CT molecular complexity index is 196. The Labute approximate surface area is 93.1 Å². The third-order valence-corrected chi connectivity index (χ3v) is 0.651. The average Bonchev–Trinajstić information content (AvgIpc) is 1.87. The van der Waals surface area contributed by atoms with Crippen molar-refractivity contribution in [1.29, 1.82) is 0 Å². The molecule has 0 heterocycles. The van der Waals surface area contributed by atoms with Gasteiger partial charge < -0.3 is 19.8 Å². The van der Waals surface area contributed by atoms with Gasteiger partial charge in [0.05, 0.1) is 11.9 Å². The smallest absolute Gasteiger partial charge is 0.545 e. The zero-order valence-corrected chi connectivity index (χ0v) is 9.12. The number of carboxylic acid groups (broad SMARTS) is 2. The van der Waals surface area contributed by atoms with E-state index in [1.54, 1.807) is 6.92 Å². The molecule has 0 unspecified atom stereocenters. The maximum Gasteiger partial charge on any atom is 2.00 e. The third kappa shape index (κ3) is 24.7. The van der Waals surface area contributed by atoms with Gasteiger partial charge >= 0.3 is 23.1 Å². The Kier molecular flexibility index (Phi) is 15.5. The molecule has 4 nitrogen and oxygen atoms in total. The van der Waals surface area contributed by atoms with Crippen LogP contribution in [0.3, 0.4) is 0 Å². The van der Waals surface area contributed by atoms with Crippen LogP contribution in [-0.2, 0) is 9.59 Å². The number of hydrogen-bond donors (Lipinski definition) is 0. The number of carboxylic acids is 2. The van der Waals surface area contributed by atoms with Crippen LogP contribution in [0.4, 0.5) is 0 Å². The van der Waals surface area contributed by atoms with Gasteiger partial charge in [0.15, 0.2) is 0 Å². The minimum atomic E-state index is -1.19. The summed E-state index contributed by atoms with van der Waals surface area (Å²) < 4.78 is 0. The summed E-state index contributed by atoms with van der Waals surface area (Å²) in [5.41, 5.74) is 0.0648. The van der Waals surface area contributed by atoms with Crippen molar-refractivity contribution in [2.24, 2.45) is 0 Å². The van der Waals surface area contributed by atoms with E-state index >= 15 is 0 Å². The minimum Gasteiger partial charge on any atom is -0.545 e. The molecule has 0 amide bonds. The summed E-state index contributed by atoms with van der Waals surface area (Å²) in [5, 5.41) is 18.9. The Morgan fingerprint density at radius 2 is 1.62 bits per heavy atom. The second-order valence-corrected chi connectivity index (χ2v) is 1.89. The van der Waals surface area contributed by atoms with Crippen LogP contribution in [0.25, 0.3) is 0 Å². The van der Waals surface area contributed by atoms with Crippen LogP contribution in [0, 0.1) is 0 Å². The maximum atomic E-state index is 9.49. The van der Waals surface area contributed by atoms with Crippen molar-refractivity contribution in [2.75, 3.05) is 0 Å². The summed E-state index contributed by atoms with van der Waals surface area (Å²) in [7, 11) is 0. The van der Waals surface area contributed by atoms with Gasteiger partial charge in [-0.05, 0) is 25.5 Å². The molecule has 0 fully saturated rings. The molecule has 68 valence electrons. The summed E-state index contributed by atoms with van der Waals surface area (Å²) >= 11 is 0. The van der Waals surface area contributed by atoms with Crippen molar-refractivity contribution in [3.63, 3.8) is 0 Å². The number of hydrogen-bond acceptors (Lipinski definition) is 4. The first-order valence-electron chi connectivity index (χ1n) is 3.12. The number of allylic oxidation sites excluding steroid dienone is 1. The van der Waals surface area contributed by atoms with Gasteiger partial charge in [-0.15, -0.1) is 0 Å². The van der Waals surface area contributed by atoms with Crippen molar-refractivity contribution in [3.8, 4) is 0 Å². The van der Waals surface area contributed by atoms with E-state index in [0.29, 0.717) is 0 Å². The van der Waals surface area contributed by atoms with E-state index < -0.39 is 11.9 Å². The zero-order chi connectivity index (χ0) is 10.1. The fourth-order valence-electron chi connectivity index (χ4n) is 0.136. The van der Waals surface area contributed by atoms with Gasteiger partial charge in [0.1, 0.15) is 0 Å². The van der Waals surface area contributed by atoms with Crippen LogP contribution in [0.2, 0.25) is 0 Å². The standard InChI is InChI=1S/2C4H6O2.Mg/c1-3(2)4(5)6;1-2-3-4(5)6;/h1H2,2H3,(H,5,6);2-3H,1H3,(H,5,6);/q;;+2/p-2/b;3-2+;. The number of carbonyl (C=O) groups is 2. The van der Waals surface area contributed by atoms with Crippen LogP contribution >= 0.6 is 0 Å². The van der Waals surface area contributed by atoms with Gasteiger partial charge in [0.2, 0.25) is 0 Å². The zero-order valence-electron chi connectivity index (χ0n) is 7.70. The van der Waals surface area contributed by atoms with E-state index in [9.17, 15) is 19.8 Å². The molecule has 0 aliphatic heterocycles. The molecule has 0 aromatic heterocycles. The topological polar surface area (TPSA) is 80.3 Å². The first-order chi connectivity index (χ1) is 5.41. The Morgan fingerprint density at radius 1 is 1.31 bits per heavy atom. The van der Waals surface area contributed by atoms with E-state index in [0.717, 1.165) is 6.08 Å². The second-order valence-electron chi connectivity index (χ2n) is 1.89. The van der Waals surface area contributed by atoms with Crippen LogP contribution in [0.1, 0.15) is 13.8 Å². The largest absolute Gasteiger partial charge is 2.00 e. The molecule has 0 rings (SSSR count). The molecular weight excluding hydrogens is 184 g/mol. The predicted octanol–water partition coefficient (Wildman–Crippen LogP) is -1.76. The molecular formula is C8H10MgO4. The summed E-state index contributed by atoms with van der Waals surface area (Å²) in [6.07, 6.45) is 2.38. The van der Waals surface area contributed by atoms with Crippen molar-refractivity contribution < 1.29 is 19.8 Å². The SMILES string of the molecule is C/C=C/C(=O)[O-].C=C(C)C(=O)[O-].[Mg+2]. The molecule has 0 aliphatic carbocycles. The van der Waals surface area contributed by atoms with Crippen LogP contribution in [0.15, 0.2) is 24.3 Å². The summed E-state index contributed by atoms with van der Waals surface area (Å²) in [4.78, 5) is 18.9.